The summed E-state index contributed by atoms with van der Waals surface area (Å²) < 4.78 is 0. The molecule has 3 nitrogen and oxygen atoms in total. The van der Waals surface area contributed by atoms with E-state index in [1.54, 1.807) is 11.8 Å². The summed E-state index contributed by atoms with van der Waals surface area (Å²) in [5.74, 6) is 0. The molecule has 0 aromatic heterocycles. The zero-order valence-electron chi connectivity index (χ0n) is 11.0. The second kappa shape index (κ2) is 5.82. The molecule has 0 radical (unpaired) electrons. The number of allylic oxidation sites excluding steroid dienone is 1. The van der Waals surface area contributed by atoms with Crippen molar-refractivity contribution in [1.82, 2.24) is 4.90 Å². The molecular weight excluding hydrogens is 254 g/mol. The minimum Gasteiger partial charge on any atom is -0.363 e. The molecule has 1 aromatic rings. The highest BCUT2D eigenvalue weighted by Gasteiger charge is 2.37. The summed E-state index contributed by atoms with van der Waals surface area (Å²) in [7, 11) is 1.97. The van der Waals surface area contributed by atoms with E-state index in [2.05, 4.69) is 24.0 Å². The first kappa shape index (κ1) is 13.5. The first-order chi connectivity index (χ1) is 9.22. The number of rotatable bonds is 2. The number of likely N-dealkylation sites (N-methyl/N-ethyl adjacent to an activating group) is 1. The topological polar surface area (TPSA) is 50.8 Å². The van der Waals surface area contributed by atoms with E-state index in [4.69, 9.17) is 10.5 Å². The quantitative estimate of drug-likeness (QED) is 0.772. The van der Waals surface area contributed by atoms with Crippen LogP contribution in [0.5, 0.6) is 0 Å². The molecule has 4 heteroatoms. The maximum atomic E-state index is 9.05. The molecule has 1 saturated heterocycles. The van der Waals surface area contributed by atoms with Crippen LogP contribution in [0, 0.1) is 22.7 Å². The van der Waals surface area contributed by atoms with Gasteiger partial charge in [0.1, 0.15) is 17.2 Å². The first-order valence-electron chi connectivity index (χ1n) is 6.21. The molecule has 2 atom stereocenters. The highest BCUT2D eigenvalue weighted by molar-refractivity contribution is 8.03. The summed E-state index contributed by atoms with van der Waals surface area (Å²) >= 11 is 1.62. The molecule has 19 heavy (non-hydrogen) atoms. The van der Waals surface area contributed by atoms with Gasteiger partial charge in [0.15, 0.2) is 5.57 Å². The number of nitriles is 2. The normalized spacial score (nSPS) is 21.9. The Labute approximate surface area is 118 Å². The van der Waals surface area contributed by atoms with Crippen LogP contribution >= 0.6 is 11.8 Å². The predicted molar refractivity (Wildman–Crippen MR) is 76.9 cm³/mol. The van der Waals surface area contributed by atoms with Crippen molar-refractivity contribution in [1.29, 1.82) is 10.5 Å². The molecule has 0 spiro atoms. The minimum absolute atomic E-state index is 0.212. The molecule has 1 aliphatic heterocycles. The van der Waals surface area contributed by atoms with Crippen LogP contribution in [0.25, 0.3) is 0 Å². The number of benzene rings is 1. The van der Waals surface area contributed by atoms with Crippen molar-refractivity contribution in [2.24, 2.45) is 0 Å². The SMILES string of the molecule is CC[C@@H]1[C@@H](c2ccccc2)SC(=C(C#N)C#N)N1C. The van der Waals surface area contributed by atoms with Gasteiger partial charge in [0.25, 0.3) is 0 Å². The first-order valence-corrected chi connectivity index (χ1v) is 7.09. The molecular formula is C15H15N3S. The van der Waals surface area contributed by atoms with Crippen LogP contribution in [0.2, 0.25) is 0 Å². The van der Waals surface area contributed by atoms with Crippen molar-refractivity contribution in [2.75, 3.05) is 7.05 Å². The van der Waals surface area contributed by atoms with Crippen molar-refractivity contribution < 1.29 is 0 Å². The van der Waals surface area contributed by atoms with Crippen molar-refractivity contribution in [3.63, 3.8) is 0 Å². The molecule has 1 heterocycles. The Balaban J connectivity index is 2.42. The van der Waals surface area contributed by atoms with E-state index in [1.807, 2.05) is 37.4 Å². The summed E-state index contributed by atoms with van der Waals surface area (Å²) in [5.41, 5.74) is 1.46. The van der Waals surface area contributed by atoms with Crippen LogP contribution < -0.4 is 0 Å². The van der Waals surface area contributed by atoms with Crippen LogP contribution in [-0.4, -0.2) is 18.0 Å². The zero-order chi connectivity index (χ0) is 13.8. The lowest BCUT2D eigenvalue weighted by molar-refractivity contribution is 0.324. The van der Waals surface area contributed by atoms with E-state index in [0.717, 1.165) is 11.4 Å². The van der Waals surface area contributed by atoms with Crippen LogP contribution in [0.15, 0.2) is 40.9 Å². The second-order valence-electron chi connectivity index (χ2n) is 4.44. The van der Waals surface area contributed by atoms with E-state index < -0.39 is 0 Å². The van der Waals surface area contributed by atoms with Gasteiger partial charge in [-0.1, -0.05) is 49.0 Å². The number of thioether (sulfide) groups is 1. The van der Waals surface area contributed by atoms with E-state index in [9.17, 15) is 0 Å². The Morgan fingerprint density at radius 2 is 1.89 bits per heavy atom. The van der Waals surface area contributed by atoms with Crippen LogP contribution in [0.4, 0.5) is 0 Å². The Kier molecular flexibility index (Phi) is 4.14. The van der Waals surface area contributed by atoms with Gasteiger partial charge in [0.2, 0.25) is 0 Å². The molecule has 2 rings (SSSR count). The highest BCUT2D eigenvalue weighted by Crippen LogP contribution is 2.49. The molecule has 1 aromatic carbocycles. The Hall–Kier alpha value is -1.91. The predicted octanol–water partition coefficient (Wildman–Crippen LogP) is 3.44. The monoisotopic (exact) mass is 269 g/mol. The van der Waals surface area contributed by atoms with Crippen molar-refractivity contribution in [3.8, 4) is 12.1 Å². The highest BCUT2D eigenvalue weighted by atomic mass is 32.2. The van der Waals surface area contributed by atoms with Crippen LogP contribution in [-0.2, 0) is 0 Å². The molecule has 1 fully saturated rings. The van der Waals surface area contributed by atoms with Crippen molar-refractivity contribution >= 4 is 11.8 Å². The number of hydrogen-bond donors (Lipinski definition) is 0. The van der Waals surface area contributed by atoms with Crippen LogP contribution in [0.1, 0.15) is 24.2 Å². The zero-order valence-corrected chi connectivity index (χ0v) is 11.8. The Bertz CT molecular complexity index is 549. The third-order valence-electron chi connectivity index (χ3n) is 3.39. The van der Waals surface area contributed by atoms with Gasteiger partial charge in [-0.3, -0.25) is 0 Å². The Morgan fingerprint density at radius 3 is 2.42 bits per heavy atom. The molecule has 96 valence electrons. The summed E-state index contributed by atoms with van der Waals surface area (Å²) in [6.45, 7) is 2.14. The van der Waals surface area contributed by atoms with Gasteiger partial charge in [0, 0.05) is 13.1 Å². The largest absolute Gasteiger partial charge is 0.363 e. The van der Waals surface area contributed by atoms with Gasteiger partial charge in [-0.25, -0.2) is 0 Å². The summed E-state index contributed by atoms with van der Waals surface area (Å²) in [5, 5.41) is 19.2. The van der Waals surface area contributed by atoms with Gasteiger partial charge >= 0.3 is 0 Å². The fraction of sp³-hybridized carbons (Fsp3) is 0.333. The fourth-order valence-corrected chi connectivity index (χ4v) is 3.99. The smallest absolute Gasteiger partial charge is 0.159 e. The summed E-state index contributed by atoms with van der Waals surface area (Å²) in [4.78, 5) is 2.07. The second-order valence-corrected chi connectivity index (χ2v) is 5.57. The van der Waals surface area contributed by atoms with Gasteiger partial charge < -0.3 is 4.90 Å². The van der Waals surface area contributed by atoms with Gasteiger partial charge in [-0.15, -0.1) is 0 Å². The summed E-state index contributed by atoms with van der Waals surface area (Å²) in [6.07, 6.45) is 0.983. The molecule has 0 bridgehead atoms. The lowest BCUT2D eigenvalue weighted by Crippen LogP contribution is -2.27. The molecule has 0 unspecified atom stereocenters. The van der Waals surface area contributed by atoms with E-state index in [0.29, 0.717) is 6.04 Å². The maximum absolute atomic E-state index is 9.05. The van der Waals surface area contributed by atoms with Gasteiger partial charge in [0.05, 0.1) is 5.25 Å². The Morgan fingerprint density at radius 1 is 1.26 bits per heavy atom. The van der Waals surface area contributed by atoms with Gasteiger partial charge in [-0.05, 0) is 12.0 Å². The van der Waals surface area contributed by atoms with Gasteiger partial charge in [-0.2, -0.15) is 10.5 Å². The number of nitrogens with zero attached hydrogens (tertiary/aromatic N) is 3. The third kappa shape index (κ3) is 2.45. The molecule has 0 N–H and O–H groups in total. The lowest BCUT2D eigenvalue weighted by Gasteiger charge is -2.24. The number of hydrogen-bond acceptors (Lipinski definition) is 4. The third-order valence-corrected chi connectivity index (χ3v) is 4.95. The average molecular weight is 269 g/mol. The van der Waals surface area contributed by atoms with Crippen molar-refractivity contribution in [3.05, 3.63) is 46.5 Å². The summed E-state index contributed by atoms with van der Waals surface area (Å²) in [6, 6.07) is 14.6. The maximum Gasteiger partial charge on any atom is 0.159 e. The molecule has 1 aliphatic rings. The van der Waals surface area contributed by atoms with E-state index in [-0.39, 0.29) is 10.8 Å². The molecule has 0 saturated carbocycles. The van der Waals surface area contributed by atoms with E-state index >= 15 is 0 Å². The molecule has 0 amide bonds. The molecule has 0 aliphatic carbocycles. The standard InChI is InChI=1S/C15H15N3S/c1-3-13-14(11-7-5-4-6-8-11)19-15(18(13)2)12(9-16)10-17/h4-8,13-14H,3H2,1-2H3/t13-,14-/m1/s1. The lowest BCUT2D eigenvalue weighted by atomic mass is 10.0. The van der Waals surface area contributed by atoms with Crippen LogP contribution in [0.3, 0.4) is 0 Å². The fourth-order valence-electron chi connectivity index (χ4n) is 2.41. The minimum atomic E-state index is 0.212. The van der Waals surface area contributed by atoms with E-state index in [1.165, 1.54) is 5.56 Å². The van der Waals surface area contributed by atoms with Crippen molar-refractivity contribution in [2.45, 2.75) is 24.6 Å². The average Bonchev–Trinajstić information content (AvgIpc) is 2.78.